The Kier molecular flexibility index (Phi) is 7.70. The number of Topliss-reactive ketones (excluding diaryl/α,β-unsaturated/α-hetero) is 1. The number of carbonyl (C=O) groups excluding carboxylic acids is 3. The van der Waals surface area contributed by atoms with Crippen LogP contribution in [0.4, 0.5) is 0 Å². The van der Waals surface area contributed by atoms with E-state index in [1.807, 2.05) is 6.08 Å². The average Bonchev–Trinajstić information content (AvgIpc) is 3.11. The largest absolute Gasteiger partial charge is 0.458 e. The van der Waals surface area contributed by atoms with E-state index in [0.29, 0.717) is 30.3 Å². The van der Waals surface area contributed by atoms with Gasteiger partial charge in [-0.25, -0.2) is 0 Å². The van der Waals surface area contributed by atoms with Gasteiger partial charge in [0.15, 0.2) is 11.6 Å². The fraction of sp³-hybridized carbons (Fsp3) is 0.750. The van der Waals surface area contributed by atoms with Crippen LogP contribution in [0.25, 0.3) is 0 Å². The number of hydrogen-bond donors (Lipinski definition) is 1. The predicted molar refractivity (Wildman–Crippen MR) is 129 cm³/mol. The fourth-order valence-electron chi connectivity index (χ4n) is 8.23. The minimum absolute atomic E-state index is 0.0210. The van der Waals surface area contributed by atoms with Crippen molar-refractivity contribution in [2.45, 2.75) is 53.4 Å². The Bertz CT molecular complexity index is 907. The van der Waals surface area contributed by atoms with Gasteiger partial charge in [0.25, 0.3) is 0 Å². The highest BCUT2D eigenvalue weighted by atomic mass is 16.7. The van der Waals surface area contributed by atoms with Gasteiger partial charge in [-0.2, -0.15) is 0 Å². The molecule has 0 bridgehead atoms. The molecule has 0 aromatic carbocycles. The summed E-state index contributed by atoms with van der Waals surface area (Å²) in [7, 11) is 0. The molecule has 0 saturated heterocycles. The minimum Gasteiger partial charge on any atom is -0.458 e. The van der Waals surface area contributed by atoms with E-state index in [1.165, 1.54) is 12.5 Å². The second-order valence-electron chi connectivity index (χ2n) is 11.5. The van der Waals surface area contributed by atoms with Crippen LogP contribution < -0.4 is 0 Å². The van der Waals surface area contributed by atoms with Gasteiger partial charge in [-0.1, -0.05) is 32.4 Å². The van der Waals surface area contributed by atoms with Gasteiger partial charge in [0, 0.05) is 18.3 Å². The average molecular weight is 489 g/mol. The summed E-state index contributed by atoms with van der Waals surface area (Å²) in [5, 5.41) is 8.93. The first-order valence-corrected chi connectivity index (χ1v) is 13.0. The molecule has 4 aliphatic carbocycles. The van der Waals surface area contributed by atoms with Crippen LogP contribution in [0, 0.1) is 46.3 Å². The van der Waals surface area contributed by atoms with Gasteiger partial charge in [-0.3, -0.25) is 14.4 Å². The highest BCUT2D eigenvalue weighted by Crippen LogP contribution is 2.68. The van der Waals surface area contributed by atoms with Crippen LogP contribution in [-0.4, -0.2) is 55.9 Å². The maximum absolute atomic E-state index is 13.5. The molecule has 0 unspecified atom stereocenters. The number of hydrogen-bond acceptors (Lipinski definition) is 7. The summed E-state index contributed by atoms with van der Waals surface area (Å²) in [6.45, 7) is 8.54. The molecule has 1 N–H and O–H groups in total. The van der Waals surface area contributed by atoms with Crippen molar-refractivity contribution in [2.75, 3.05) is 33.2 Å². The van der Waals surface area contributed by atoms with E-state index in [0.717, 1.165) is 25.7 Å². The van der Waals surface area contributed by atoms with Crippen LogP contribution in [0.1, 0.15) is 53.4 Å². The number of aliphatic hydroxyl groups excluding tert-OH is 1. The second-order valence-corrected chi connectivity index (χ2v) is 11.5. The first-order valence-electron chi connectivity index (χ1n) is 13.0. The molecule has 7 heteroatoms. The second kappa shape index (κ2) is 10.3. The van der Waals surface area contributed by atoms with Crippen molar-refractivity contribution in [3.05, 3.63) is 23.8 Å². The number of ether oxygens (including phenoxy) is 3. The molecule has 0 heterocycles. The summed E-state index contributed by atoms with van der Waals surface area (Å²) in [5.74, 6) is 0.948. The third-order valence-electron chi connectivity index (χ3n) is 9.55. The zero-order chi connectivity index (χ0) is 25.4. The molecule has 0 aromatic heterocycles. The summed E-state index contributed by atoms with van der Waals surface area (Å²) in [6.07, 6.45) is 9.56. The van der Waals surface area contributed by atoms with Crippen LogP contribution in [0.15, 0.2) is 23.8 Å². The molecule has 3 fully saturated rings. The Morgan fingerprint density at radius 2 is 1.94 bits per heavy atom. The lowest BCUT2D eigenvalue weighted by Gasteiger charge is -2.58. The Balaban J connectivity index is 1.59. The van der Waals surface area contributed by atoms with E-state index in [4.69, 9.17) is 19.3 Å². The SMILES string of the molecule is CC(=O)OCC(=O)[C@H]1[C@@H](COCOCCO)C[C@H]2[C@@H]3C[C@H](C)C4=CC(=O)C=C[C@]4(C)[C@H]3CC[C@@]21C. The van der Waals surface area contributed by atoms with Gasteiger partial charge in [0.1, 0.15) is 13.4 Å². The number of esters is 1. The van der Waals surface area contributed by atoms with E-state index in [1.54, 1.807) is 6.08 Å². The molecule has 0 aliphatic heterocycles. The summed E-state index contributed by atoms with van der Waals surface area (Å²) in [6, 6.07) is 0. The first kappa shape index (κ1) is 26.2. The van der Waals surface area contributed by atoms with Crippen LogP contribution >= 0.6 is 0 Å². The molecular weight excluding hydrogens is 448 g/mol. The number of carbonyl (C=O) groups is 3. The standard InChI is InChI=1S/C28H40O7/c1-17-11-21-22(27(3)7-5-20(31)13-23(17)27)6-8-28(4)24(21)12-19(14-34-16-33-10-9-29)26(28)25(32)15-35-18(2)30/h5,7,13,17,19,21-22,24,26,29H,6,8-12,14-16H2,1-4H3/t17-,19+,21+,22-,24-,26+,27+,28-/m0/s1. The molecule has 0 radical (unpaired) electrons. The lowest BCUT2D eigenvalue weighted by molar-refractivity contribution is -0.150. The molecular formula is C28H40O7. The van der Waals surface area contributed by atoms with Gasteiger partial charge in [-0.05, 0) is 72.8 Å². The summed E-state index contributed by atoms with van der Waals surface area (Å²) in [4.78, 5) is 37.0. The highest BCUT2D eigenvalue weighted by molar-refractivity contribution is 6.01. The fourth-order valence-corrected chi connectivity index (χ4v) is 8.23. The molecule has 4 aliphatic rings. The van der Waals surface area contributed by atoms with Crippen molar-refractivity contribution >= 4 is 17.5 Å². The first-order chi connectivity index (χ1) is 16.6. The van der Waals surface area contributed by atoms with Crippen molar-refractivity contribution in [3.63, 3.8) is 0 Å². The molecule has 3 saturated carbocycles. The Morgan fingerprint density at radius 1 is 1.17 bits per heavy atom. The Hall–Kier alpha value is -1.83. The molecule has 0 aromatic rings. The number of ketones is 2. The predicted octanol–water partition coefficient (Wildman–Crippen LogP) is 3.50. The summed E-state index contributed by atoms with van der Waals surface area (Å²) < 4.78 is 16.2. The quantitative estimate of drug-likeness (QED) is 0.301. The molecule has 4 rings (SSSR count). The minimum atomic E-state index is -0.445. The van der Waals surface area contributed by atoms with Crippen molar-refractivity contribution < 1.29 is 33.7 Å². The molecule has 8 atom stereocenters. The molecule has 0 amide bonds. The maximum Gasteiger partial charge on any atom is 0.303 e. The molecule has 194 valence electrons. The van der Waals surface area contributed by atoms with Gasteiger partial charge < -0.3 is 19.3 Å². The van der Waals surface area contributed by atoms with E-state index in [2.05, 4.69) is 26.8 Å². The lowest BCUT2D eigenvalue weighted by atomic mass is 9.46. The maximum atomic E-state index is 13.5. The van der Waals surface area contributed by atoms with Crippen LogP contribution in [0.3, 0.4) is 0 Å². The Labute approximate surface area is 208 Å². The van der Waals surface area contributed by atoms with Crippen LogP contribution in [-0.2, 0) is 28.6 Å². The zero-order valence-corrected chi connectivity index (χ0v) is 21.5. The van der Waals surface area contributed by atoms with E-state index in [-0.39, 0.29) is 60.8 Å². The van der Waals surface area contributed by atoms with Crippen LogP contribution in [0.2, 0.25) is 0 Å². The van der Waals surface area contributed by atoms with Crippen molar-refractivity contribution in [3.8, 4) is 0 Å². The normalized spacial score (nSPS) is 39.9. The number of aliphatic hydroxyl groups is 1. The topological polar surface area (TPSA) is 99.1 Å². The lowest BCUT2D eigenvalue weighted by Crippen LogP contribution is -2.52. The van der Waals surface area contributed by atoms with Crippen LogP contribution in [0.5, 0.6) is 0 Å². The van der Waals surface area contributed by atoms with Gasteiger partial charge in [0.2, 0.25) is 0 Å². The van der Waals surface area contributed by atoms with Crippen molar-refractivity contribution in [1.82, 2.24) is 0 Å². The molecule has 0 spiro atoms. The van der Waals surface area contributed by atoms with Crippen molar-refractivity contribution in [2.24, 2.45) is 46.3 Å². The smallest absolute Gasteiger partial charge is 0.303 e. The third kappa shape index (κ3) is 4.79. The number of allylic oxidation sites excluding steroid dienone is 4. The third-order valence-corrected chi connectivity index (χ3v) is 9.55. The van der Waals surface area contributed by atoms with Crippen molar-refractivity contribution in [1.29, 1.82) is 0 Å². The van der Waals surface area contributed by atoms with E-state index in [9.17, 15) is 14.4 Å². The summed E-state index contributed by atoms with van der Waals surface area (Å²) in [5.41, 5.74) is 0.946. The van der Waals surface area contributed by atoms with E-state index >= 15 is 0 Å². The molecule has 35 heavy (non-hydrogen) atoms. The zero-order valence-electron chi connectivity index (χ0n) is 21.5. The number of fused-ring (bicyclic) bond motifs is 5. The van der Waals surface area contributed by atoms with Gasteiger partial charge in [0.05, 0.1) is 19.8 Å². The van der Waals surface area contributed by atoms with Gasteiger partial charge in [-0.15, -0.1) is 0 Å². The Morgan fingerprint density at radius 3 is 2.66 bits per heavy atom. The van der Waals surface area contributed by atoms with Gasteiger partial charge >= 0.3 is 5.97 Å². The summed E-state index contributed by atoms with van der Waals surface area (Å²) >= 11 is 0. The highest BCUT2D eigenvalue weighted by Gasteiger charge is 2.63. The monoisotopic (exact) mass is 488 g/mol. The van der Waals surface area contributed by atoms with E-state index < -0.39 is 5.97 Å². The number of rotatable bonds is 9. The molecule has 7 nitrogen and oxygen atoms in total.